The maximum atomic E-state index is 12.8. The molecular formula is C14H11FN2. The molecule has 0 heterocycles. The van der Waals surface area contributed by atoms with Crippen LogP contribution in [0.5, 0.6) is 0 Å². The fourth-order valence-corrected chi connectivity index (χ4v) is 1.63. The van der Waals surface area contributed by atoms with E-state index in [1.807, 2.05) is 18.2 Å². The van der Waals surface area contributed by atoms with Gasteiger partial charge in [0.05, 0.1) is 17.7 Å². The van der Waals surface area contributed by atoms with Crippen LogP contribution in [0.15, 0.2) is 48.5 Å². The van der Waals surface area contributed by atoms with Crippen molar-refractivity contribution in [3.8, 4) is 6.07 Å². The molecule has 2 nitrogen and oxygen atoms in total. The van der Waals surface area contributed by atoms with E-state index in [2.05, 4.69) is 0 Å². The first kappa shape index (κ1) is 11.3. The van der Waals surface area contributed by atoms with Crippen molar-refractivity contribution in [1.82, 2.24) is 0 Å². The highest BCUT2D eigenvalue weighted by Crippen LogP contribution is 2.20. The molecule has 0 fully saturated rings. The molecule has 0 radical (unpaired) electrons. The lowest BCUT2D eigenvalue weighted by Gasteiger charge is -2.12. The molecule has 0 saturated heterocycles. The van der Waals surface area contributed by atoms with E-state index in [1.165, 1.54) is 12.1 Å². The second-order valence-electron chi connectivity index (χ2n) is 3.76. The normalized spacial score (nSPS) is 11.8. The van der Waals surface area contributed by atoms with E-state index < -0.39 is 0 Å². The number of nitriles is 1. The number of rotatable bonds is 2. The number of nitrogens with two attached hydrogens (primary N) is 1. The molecular weight excluding hydrogens is 215 g/mol. The number of benzene rings is 2. The molecule has 2 rings (SSSR count). The third-order valence-corrected chi connectivity index (χ3v) is 2.63. The van der Waals surface area contributed by atoms with Gasteiger partial charge in [0.2, 0.25) is 0 Å². The van der Waals surface area contributed by atoms with Gasteiger partial charge in [0.25, 0.3) is 0 Å². The molecule has 0 aliphatic rings. The lowest BCUT2D eigenvalue weighted by atomic mass is 9.99. The van der Waals surface area contributed by atoms with Gasteiger partial charge in [-0.05, 0) is 35.4 Å². The Balaban J connectivity index is 2.27. The van der Waals surface area contributed by atoms with E-state index in [-0.39, 0.29) is 11.9 Å². The van der Waals surface area contributed by atoms with Crippen molar-refractivity contribution in [1.29, 1.82) is 5.26 Å². The van der Waals surface area contributed by atoms with Gasteiger partial charge in [0.15, 0.2) is 0 Å². The number of hydrogen-bond acceptors (Lipinski definition) is 2. The van der Waals surface area contributed by atoms with Crippen LogP contribution in [0.1, 0.15) is 22.7 Å². The summed E-state index contributed by atoms with van der Waals surface area (Å²) >= 11 is 0. The van der Waals surface area contributed by atoms with Crippen LogP contribution in [0, 0.1) is 17.1 Å². The van der Waals surface area contributed by atoms with E-state index >= 15 is 0 Å². The van der Waals surface area contributed by atoms with Crippen molar-refractivity contribution in [2.45, 2.75) is 6.04 Å². The molecule has 0 spiro atoms. The van der Waals surface area contributed by atoms with Gasteiger partial charge in [-0.3, -0.25) is 0 Å². The van der Waals surface area contributed by atoms with Gasteiger partial charge >= 0.3 is 0 Å². The second kappa shape index (κ2) is 4.77. The van der Waals surface area contributed by atoms with Crippen molar-refractivity contribution in [3.63, 3.8) is 0 Å². The maximum absolute atomic E-state index is 12.8. The van der Waals surface area contributed by atoms with Gasteiger partial charge in [-0.15, -0.1) is 0 Å². The molecule has 1 atom stereocenters. The van der Waals surface area contributed by atoms with E-state index in [0.717, 1.165) is 11.1 Å². The lowest BCUT2D eigenvalue weighted by Crippen LogP contribution is -2.11. The molecule has 3 heteroatoms. The number of halogens is 1. The van der Waals surface area contributed by atoms with Gasteiger partial charge in [-0.2, -0.15) is 5.26 Å². The topological polar surface area (TPSA) is 49.8 Å². The fraction of sp³-hybridized carbons (Fsp3) is 0.0714. The van der Waals surface area contributed by atoms with Crippen LogP contribution in [-0.4, -0.2) is 0 Å². The Kier molecular flexibility index (Phi) is 3.17. The molecule has 0 amide bonds. The summed E-state index contributed by atoms with van der Waals surface area (Å²) in [5, 5.41) is 8.69. The molecule has 2 aromatic rings. The van der Waals surface area contributed by atoms with Crippen molar-refractivity contribution in [2.75, 3.05) is 0 Å². The van der Waals surface area contributed by atoms with Gasteiger partial charge < -0.3 is 5.73 Å². The van der Waals surface area contributed by atoms with Gasteiger partial charge in [-0.25, -0.2) is 4.39 Å². The van der Waals surface area contributed by atoms with Crippen molar-refractivity contribution in [2.24, 2.45) is 5.73 Å². The zero-order valence-corrected chi connectivity index (χ0v) is 9.10. The Hall–Kier alpha value is -2.18. The van der Waals surface area contributed by atoms with E-state index in [4.69, 9.17) is 11.0 Å². The first-order valence-electron chi connectivity index (χ1n) is 5.22. The molecule has 2 aromatic carbocycles. The molecule has 17 heavy (non-hydrogen) atoms. The minimum atomic E-state index is -0.302. The Bertz CT molecular complexity index is 538. The summed E-state index contributed by atoms with van der Waals surface area (Å²) in [6.45, 7) is 0. The van der Waals surface area contributed by atoms with Gasteiger partial charge in [0.1, 0.15) is 5.82 Å². The standard InChI is InChI=1S/C14H11FN2/c15-13-7-5-12(6-8-13)14(17)11-3-1-10(9-16)2-4-11/h1-8,14H,17H2. The smallest absolute Gasteiger partial charge is 0.123 e. The molecule has 0 bridgehead atoms. The molecule has 0 aliphatic carbocycles. The largest absolute Gasteiger partial charge is 0.320 e. The van der Waals surface area contributed by atoms with Crippen LogP contribution in [0.4, 0.5) is 4.39 Å². The highest BCUT2D eigenvalue weighted by Gasteiger charge is 2.08. The Morgan fingerprint density at radius 2 is 1.41 bits per heavy atom. The summed E-state index contributed by atoms with van der Waals surface area (Å²) in [5.74, 6) is -0.277. The predicted molar refractivity (Wildman–Crippen MR) is 63.6 cm³/mol. The predicted octanol–water partition coefficient (Wildman–Crippen LogP) is 2.75. The summed E-state index contributed by atoms with van der Waals surface area (Å²) in [5.41, 5.74) is 8.39. The van der Waals surface area contributed by atoms with Crippen LogP contribution >= 0.6 is 0 Å². The highest BCUT2D eigenvalue weighted by molar-refractivity contribution is 5.36. The summed E-state index contributed by atoms with van der Waals surface area (Å²) in [7, 11) is 0. The fourth-order valence-electron chi connectivity index (χ4n) is 1.63. The minimum absolute atomic E-state index is 0.277. The van der Waals surface area contributed by atoms with E-state index in [1.54, 1.807) is 24.3 Å². The average molecular weight is 226 g/mol. The van der Waals surface area contributed by atoms with Crippen molar-refractivity contribution >= 4 is 0 Å². The molecule has 1 unspecified atom stereocenters. The molecule has 0 saturated carbocycles. The van der Waals surface area contributed by atoms with Crippen LogP contribution in [0.2, 0.25) is 0 Å². The number of nitrogens with zero attached hydrogens (tertiary/aromatic N) is 1. The molecule has 2 N–H and O–H groups in total. The first-order chi connectivity index (χ1) is 8.20. The minimum Gasteiger partial charge on any atom is -0.320 e. The van der Waals surface area contributed by atoms with Crippen molar-refractivity contribution in [3.05, 3.63) is 71.0 Å². The zero-order chi connectivity index (χ0) is 12.3. The molecule has 84 valence electrons. The third-order valence-electron chi connectivity index (χ3n) is 2.63. The quantitative estimate of drug-likeness (QED) is 0.855. The Morgan fingerprint density at radius 1 is 0.941 bits per heavy atom. The van der Waals surface area contributed by atoms with Crippen LogP contribution in [-0.2, 0) is 0 Å². The van der Waals surface area contributed by atoms with Crippen LogP contribution < -0.4 is 5.73 Å². The second-order valence-corrected chi connectivity index (χ2v) is 3.76. The number of hydrogen-bond donors (Lipinski definition) is 1. The SMILES string of the molecule is N#Cc1ccc(C(N)c2ccc(F)cc2)cc1. The average Bonchev–Trinajstić information content (AvgIpc) is 2.39. The van der Waals surface area contributed by atoms with Gasteiger partial charge in [0, 0.05) is 0 Å². The monoisotopic (exact) mass is 226 g/mol. The molecule has 0 aromatic heterocycles. The van der Waals surface area contributed by atoms with Crippen molar-refractivity contribution < 1.29 is 4.39 Å². The van der Waals surface area contributed by atoms with E-state index in [0.29, 0.717) is 5.56 Å². The molecule has 0 aliphatic heterocycles. The zero-order valence-electron chi connectivity index (χ0n) is 9.10. The highest BCUT2D eigenvalue weighted by atomic mass is 19.1. The van der Waals surface area contributed by atoms with Crippen LogP contribution in [0.3, 0.4) is 0 Å². The third kappa shape index (κ3) is 2.49. The summed E-state index contributed by atoms with van der Waals surface area (Å²) in [6.07, 6.45) is 0. The maximum Gasteiger partial charge on any atom is 0.123 e. The van der Waals surface area contributed by atoms with Crippen LogP contribution in [0.25, 0.3) is 0 Å². The van der Waals surface area contributed by atoms with E-state index in [9.17, 15) is 4.39 Å². The summed E-state index contributed by atoms with van der Waals surface area (Å²) in [4.78, 5) is 0. The Labute approximate surface area is 99.1 Å². The first-order valence-corrected chi connectivity index (χ1v) is 5.22. The van der Waals surface area contributed by atoms with Gasteiger partial charge in [-0.1, -0.05) is 24.3 Å². The Morgan fingerprint density at radius 3 is 1.88 bits per heavy atom. The summed E-state index contributed by atoms with van der Waals surface area (Å²) < 4.78 is 12.8. The summed E-state index contributed by atoms with van der Waals surface area (Å²) in [6, 6.07) is 14.9. The lowest BCUT2D eigenvalue weighted by molar-refractivity contribution is 0.626.